The number of nitrogens with two attached hydrogens (primary N) is 1. The predicted octanol–water partition coefficient (Wildman–Crippen LogP) is 2.36. The van der Waals surface area contributed by atoms with E-state index in [1.54, 1.807) is 0 Å². The van der Waals surface area contributed by atoms with Crippen LogP contribution in [0.3, 0.4) is 0 Å². The van der Waals surface area contributed by atoms with Crippen LogP contribution in [0.4, 0.5) is 0 Å². The van der Waals surface area contributed by atoms with Crippen molar-refractivity contribution in [1.29, 1.82) is 0 Å². The molecule has 0 aromatic carbocycles. The number of hydrazine groups is 1. The zero-order valence-electron chi connectivity index (χ0n) is 9.80. The van der Waals surface area contributed by atoms with Gasteiger partial charge in [0.05, 0.1) is 0 Å². The van der Waals surface area contributed by atoms with E-state index >= 15 is 0 Å². The third-order valence-electron chi connectivity index (χ3n) is 3.51. The number of carbonyl (C=O) groups is 1. The van der Waals surface area contributed by atoms with Crippen LogP contribution in [0.25, 0.3) is 0 Å². The van der Waals surface area contributed by atoms with Crippen molar-refractivity contribution in [1.82, 2.24) is 5.43 Å². The van der Waals surface area contributed by atoms with E-state index < -0.39 is 0 Å². The van der Waals surface area contributed by atoms with Gasteiger partial charge in [0.2, 0.25) is 5.91 Å². The summed E-state index contributed by atoms with van der Waals surface area (Å²) in [4.78, 5) is 11.5. The maximum absolute atomic E-state index is 11.5. The zero-order valence-corrected chi connectivity index (χ0v) is 9.80. The Labute approximate surface area is 92.8 Å². The molecule has 0 aromatic heterocycles. The van der Waals surface area contributed by atoms with Gasteiger partial charge in [0.1, 0.15) is 0 Å². The van der Waals surface area contributed by atoms with Crippen molar-refractivity contribution >= 4 is 5.91 Å². The van der Waals surface area contributed by atoms with Gasteiger partial charge in [0.15, 0.2) is 0 Å². The van der Waals surface area contributed by atoms with Crippen LogP contribution in [0.1, 0.15) is 58.3 Å². The Morgan fingerprint density at radius 2 is 1.67 bits per heavy atom. The van der Waals surface area contributed by atoms with E-state index in [4.69, 9.17) is 5.84 Å². The molecule has 0 bridgehead atoms. The third-order valence-corrected chi connectivity index (χ3v) is 3.51. The molecule has 1 rings (SSSR count). The Bertz CT molecular complexity index is 194. The lowest BCUT2D eigenvalue weighted by atomic mass is 9.88. The highest BCUT2D eigenvalue weighted by molar-refractivity contribution is 5.77. The quantitative estimate of drug-likeness (QED) is 0.398. The second-order valence-electron chi connectivity index (χ2n) is 4.88. The van der Waals surface area contributed by atoms with Crippen molar-refractivity contribution in [2.45, 2.75) is 58.3 Å². The summed E-state index contributed by atoms with van der Waals surface area (Å²) in [5, 5.41) is 0. The second-order valence-corrected chi connectivity index (χ2v) is 4.88. The van der Waals surface area contributed by atoms with Gasteiger partial charge in [0.25, 0.3) is 0 Å². The zero-order chi connectivity index (χ0) is 11.1. The molecule has 2 unspecified atom stereocenters. The van der Waals surface area contributed by atoms with E-state index in [1.807, 2.05) is 0 Å². The Morgan fingerprint density at radius 1 is 1.07 bits per heavy atom. The van der Waals surface area contributed by atoms with Crippen molar-refractivity contribution in [3.8, 4) is 0 Å². The second kappa shape index (κ2) is 6.83. The normalized spacial score (nSPS) is 29.5. The van der Waals surface area contributed by atoms with E-state index in [9.17, 15) is 4.79 Å². The molecule has 88 valence electrons. The van der Waals surface area contributed by atoms with Gasteiger partial charge in [-0.15, -0.1) is 0 Å². The van der Waals surface area contributed by atoms with Crippen molar-refractivity contribution in [2.24, 2.45) is 17.7 Å². The lowest BCUT2D eigenvalue weighted by molar-refractivity contribution is -0.125. The Kier molecular flexibility index (Phi) is 5.69. The van der Waals surface area contributed by atoms with Crippen LogP contribution in [0, 0.1) is 11.8 Å². The summed E-state index contributed by atoms with van der Waals surface area (Å²) in [5.74, 6) is 6.20. The van der Waals surface area contributed by atoms with Crippen LogP contribution >= 0.6 is 0 Å². The van der Waals surface area contributed by atoms with Crippen LogP contribution in [0.15, 0.2) is 0 Å². The van der Waals surface area contributed by atoms with Crippen LogP contribution in [-0.4, -0.2) is 5.91 Å². The molecule has 1 fully saturated rings. The molecule has 0 saturated heterocycles. The highest BCUT2D eigenvalue weighted by atomic mass is 16.2. The molecule has 3 nitrogen and oxygen atoms in total. The van der Waals surface area contributed by atoms with E-state index in [0.29, 0.717) is 0 Å². The minimum Gasteiger partial charge on any atom is -0.294 e. The number of hydrogen-bond acceptors (Lipinski definition) is 2. The first-order chi connectivity index (χ1) is 7.24. The van der Waals surface area contributed by atoms with E-state index in [0.717, 1.165) is 18.8 Å². The summed E-state index contributed by atoms with van der Waals surface area (Å²) < 4.78 is 0. The molecule has 1 saturated carbocycles. The SMILES string of the molecule is CC1CCCCCC(C(=O)NN)CCC1. The summed E-state index contributed by atoms with van der Waals surface area (Å²) in [6.07, 6.45) is 9.55. The summed E-state index contributed by atoms with van der Waals surface area (Å²) >= 11 is 0. The van der Waals surface area contributed by atoms with Gasteiger partial charge in [-0.2, -0.15) is 0 Å². The summed E-state index contributed by atoms with van der Waals surface area (Å²) in [6, 6.07) is 0. The van der Waals surface area contributed by atoms with Crippen LogP contribution < -0.4 is 11.3 Å². The molecule has 1 aliphatic carbocycles. The molecular weight excluding hydrogens is 188 g/mol. The topological polar surface area (TPSA) is 55.1 Å². The summed E-state index contributed by atoms with van der Waals surface area (Å²) in [5.41, 5.74) is 2.29. The molecule has 0 aliphatic heterocycles. The van der Waals surface area contributed by atoms with Crippen molar-refractivity contribution in [2.75, 3.05) is 0 Å². The standard InChI is InChI=1S/C12H24N2O/c1-10-6-3-2-4-8-11(9-5-7-10)12(15)14-13/h10-11H,2-9,13H2,1H3,(H,14,15). The first-order valence-electron chi connectivity index (χ1n) is 6.24. The highest BCUT2D eigenvalue weighted by Crippen LogP contribution is 2.24. The fourth-order valence-electron chi connectivity index (χ4n) is 2.44. The fourth-order valence-corrected chi connectivity index (χ4v) is 2.44. The predicted molar refractivity (Wildman–Crippen MR) is 61.9 cm³/mol. The molecule has 3 N–H and O–H groups in total. The molecule has 0 heterocycles. The van der Waals surface area contributed by atoms with E-state index in [-0.39, 0.29) is 11.8 Å². The van der Waals surface area contributed by atoms with Crippen LogP contribution in [0.5, 0.6) is 0 Å². The number of amides is 1. The average molecular weight is 212 g/mol. The van der Waals surface area contributed by atoms with Gasteiger partial charge in [-0.05, 0) is 18.8 Å². The van der Waals surface area contributed by atoms with Crippen molar-refractivity contribution in [3.05, 3.63) is 0 Å². The summed E-state index contributed by atoms with van der Waals surface area (Å²) in [6.45, 7) is 2.32. The number of nitrogens with one attached hydrogen (secondary N) is 1. The number of hydrogen-bond donors (Lipinski definition) is 2. The van der Waals surface area contributed by atoms with Crippen LogP contribution in [0.2, 0.25) is 0 Å². The molecule has 0 spiro atoms. The van der Waals surface area contributed by atoms with E-state index in [1.165, 1.54) is 38.5 Å². The molecule has 1 aliphatic rings. The maximum Gasteiger partial charge on any atom is 0.236 e. The third kappa shape index (κ3) is 4.65. The average Bonchev–Trinajstić information content (AvgIpc) is 2.25. The Balaban J connectivity index is 2.40. The minimum atomic E-state index is 0.0308. The Morgan fingerprint density at radius 3 is 2.40 bits per heavy atom. The molecule has 0 aromatic rings. The summed E-state index contributed by atoms with van der Waals surface area (Å²) in [7, 11) is 0. The highest BCUT2D eigenvalue weighted by Gasteiger charge is 2.18. The molecular formula is C12H24N2O. The van der Waals surface area contributed by atoms with Gasteiger partial charge in [-0.1, -0.05) is 45.4 Å². The van der Waals surface area contributed by atoms with Gasteiger partial charge >= 0.3 is 0 Å². The molecule has 1 amide bonds. The lowest BCUT2D eigenvalue weighted by Crippen LogP contribution is -2.36. The minimum absolute atomic E-state index is 0.0308. The van der Waals surface area contributed by atoms with Crippen molar-refractivity contribution < 1.29 is 4.79 Å². The van der Waals surface area contributed by atoms with Gasteiger partial charge in [-0.25, -0.2) is 5.84 Å². The molecule has 2 atom stereocenters. The molecule has 15 heavy (non-hydrogen) atoms. The van der Waals surface area contributed by atoms with Crippen LogP contribution in [-0.2, 0) is 4.79 Å². The monoisotopic (exact) mass is 212 g/mol. The van der Waals surface area contributed by atoms with Crippen molar-refractivity contribution in [3.63, 3.8) is 0 Å². The maximum atomic E-state index is 11.5. The van der Waals surface area contributed by atoms with E-state index in [2.05, 4.69) is 12.3 Å². The van der Waals surface area contributed by atoms with Gasteiger partial charge < -0.3 is 0 Å². The Hall–Kier alpha value is -0.570. The first kappa shape index (κ1) is 12.5. The molecule has 0 radical (unpaired) electrons. The largest absolute Gasteiger partial charge is 0.294 e. The smallest absolute Gasteiger partial charge is 0.236 e. The number of carbonyl (C=O) groups excluding carboxylic acids is 1. The van der Waals surface area contributed by atoms with Gasteiger partial charge in [-0.3, -0.25) is 10.2 Å². The molecule has 3 heteroatoms. The number of rotatable bonds is 1. The first-order valence-corrected chi connectivity index (χ1v) is 6.24. The lowest BCUT2D eigenvalue weighted by Gasteiger charge is -2.19. The fraction of sp³-hybridized carbons (Fsp3) is 0.917. The van der Waals surface area contributed by atoms with Gasteiger partial charge in [0, 0.05) is 5.92 Å².